The zero-order chi connectivity index (χ0) is 52.2. The molecule has 0 bridgehead atoms. The lowest BCUT2D eigenvalue weighted by Crippen LogP contribution is -2.74. The number of piperidine rings is 2. The SMILES string of the molecule is [2H]C([2H])([2H])OCCN(CC1CCN(c2ccc(C(=O)NC3C(C)(C)C(Oc4cc(C)c(C#N)c(C)c4)C3(C)C)cc2)CC1)C1CC(Oc2cc(OC([2H])([2H])[2H])c3c(c2)C(=O)N([C@@H]2CCC(=O)NC2=O)C3=O)C1. The number of imide groups is 2. The van der Waals surface area contributed by atoms with Gasteiger partial charge in [0.1, 0.15) is 35.5 Å². The summed E-state index contributed by atoms with van der Waals surface area (Å²) in [5, 5.41) is 14.9. The molecular weight excluding hydrogens is 841 g/mol. The molecule has 0 radical (unpaired) electrons. The smallest absolute Gasteiger partial charge is 0.266 e. The molecule has 4 fully saturated rings. The first-order chi connectivity index (χ1) is 33.7. The molecule has 2 N–H and O–H groups in total. The van der Waals surface area contributed by atoms with Gasteiger partial charge in [-0.3, -0.25) is 39.1 Å². The van der Waals surface area contributed by atoms with E-state index in [0.29, 0.717) is 42.8 Å². The van der Waals surface area contributed by atoms with Crippen molar-refractivity contribution < 1.29 is 51.1 Å². The number of anilines is 1. The Labute approximate surface area is 395 Å². The zero-order valence-corrected chi connectivity index (χ0v) is 38.3. The molecule has 3 aliphatic heterocycles. The van der Waals surface area contributed by atoms with Crippen LogP contribution in [0, 0.1) is 41.9 Å². The van der Waals surface area contributed by atoms with Crippen molar-refractivity contribution in [3.63, 3.8) is 0 Å². The highest BCUT2D eigenvalue weighted by atomic mass is 16.5. The van der Waals surface area contributed by atoms with Crippen LogP contribution >= 0.6 is 0 Å². The molecule has 0 spiro atoms. The van der Waals surface area contributed by atoms with Gasteiger partial charge in [0.25, 0.3) is 17.7 Å². The number of nitrogens with zero attached hydrogens (tertiary/aromatic N) is 4. The monoisotopic (exact) mass is 908 g/mol. The maximum Gasteiger partial charge on any atom is 0.266 e. The van der Waals surface area contributed by atoms with Crippen molar-refractivity contribution in [1.82, 2.24) is 20.4 Å². The van der Waals surface area contributed by atoms with Gasteiger partial charge in [-0.25, -0.2) is 0 Å². The minimum Gasteiger partial charge on any atom is -0.496 e. The molecule has 5 aliphatic rings. The third-order valence-electron chi connectivity index (χ3n) is 14.5. The normalized spacial score (nSPS) is 26.2. The van der Waals surface area contributed by atoms with Crippen molar-refractivity contribution in [2.24, 2.45) is 16.7 Å². The summed E-state index contributed by atoms with van der Waals surface area (Å²) in [6, 6.07) is 14.9. The van der Waals surface area contributed by atoms with Gasteiger partial charge in [-0.15, -0.1) is 0 Å². The van der Waals surface area contributed by atoms with Crippen LogP contribution in [0.5, 0.6) is 17.2 Å². The van der Waals surface area contributed by atoms with Crippen molar-refractivity contribution in [2.75, 3.05) is 51.8 Å². The fraction of sp³-hybridized carbons (Fsp3) is 0.529. The van der Waals surface area contributed by atoms with Crippen molar-refractivity contribution in [3.05, 3.63) is 81.9 Å². The van der Waals surface area contributed by atoms with Crippen LogP contribution in [0.3, 0.4) is 0 Å². The standard InChI is InChI=1S/C51H62N6O9/c1-29-21-35(22-30(2)39(29)27-52)66-49-50(3,4)48(51(49,5)6)54-44(59)32-9-11-33(12-10-32)55-17-15-31(16-18-55)28-56(19-20-63-7)34-23-36(24-34)65-37-25-38-43(41(26-37)64-8)47(62)57(46(38)61)40-13-14-42(58)53-45(40)60/h9-12,21-22,25-26,31,34,36,40,48-49H,13-20,23-24,28H2,1-8H3,(H,54,59)(H,53,58,60)/t34?,36?,40-,48?,49?/m1/s1/i7D3,8D3. The van der Waals surface area contributed by atoms with E-state index in [0.717, 1.165) is 47.6 Å². The second-order valence-corrected chi connectivity index (χ2v) is 19.7. The Morgan fingerprint density at radius 3 is 2.24 bits per heavy atom. The molecule has 350 valence electrons. The fourth-order valence-electron chi connectivity index (χ4n) is 11.2. The van der Waals surface area contributed by atoms with E-state index in [2.05, 4.69) is 54.2 Å². The highest BCUT2D eigenvalue weighted by molar-refractivity contribution is 6.24. The summed E-state index contributed by atoms with van der Waals surface area (Å²) in [7, 11) is -5.54. The predicted molar refractivity (Wildman–Crippen MR) is 246 cm³/mol. The molecule has 1 atom stereocenters. The minimum atomic E-state index is -2.99. The number of fused-ring (bicyclic) bond motifs is 1. The molecule has 15 nitrogen and oxygen atoms in total. The van der Waals surface area contributed by atoms with Gasteiger partial charge in [-0.2, -0.15) is 5.26 Å². The van der Waals surface area contributed by atoms with Crippen LogP contribution in [0.4, 0.5) is 5.69 Å². The summed E-state index contributed by atoms with van der Waals surface area (Å²) in [5.41, 5.74) is 2.69. The van der Waals surface area contributed by atoms with Gasteiger partial charge >= 0.3 is 0 Å². The number of hydrogen-bond donors (Lipinski definition) is 2. The Morgan fingerprint density at radius 1 is 0.924 bits per heavy atom. The van der Waals surface area contributed by atoms with Crippen LogP contribution in [0.15, 0.2) is 48.5 Å². The quantitative estimate of drug-likeness (QED) is 0.171. The number of rotatable bonds is 15. The van der Waals surface area contributed by atoms with Crippen LogP contribution in [-0.4, -0.2) is 117 Å². The Bertz CT molecular complexity index is 2630. The predicted octanol–water partition coefficient (Wildman–Crippen LogP) is 5.97. The first-order valence-corrected chi connectivity index (χ1v) is 22.7. The summed E-state index contributed by atoms with van der Waals surface area (Å²) >= 11 is 0. The van der Waals surface area contributed by atoms with Gasteiger partial charge in [0.2, 0.25) is 11.8 Å². The average Bonchev–Trinajstić information content (AvgIpc) is 3.52. The van der Waals surface area contributed by atoms with Crippen LogP contribution in [-0.2, 0) is 14.3 Å². The summed E-state index contributed by atoms with van der Waals surface area (Å²) in [6.45, 7) is 14.8. The Morgan fingerprint density at radius 2 is 1.61 bits per heavy atom. The molecule has 3 aromatic rings. The number of nitriles is 1. The zero-order valence-electron chi connectivity index (χ0n) is 44.3. The molecule has 5 amide bonds. The Balaban J connectivity index is 0.860. The van der Waals surface area contributed by atoms with E-state index in [-0.39, 0.29) is 83.3 Å². The second kappa shape index (κ2) is 18.4. The molecule has 2 aliphatic carbocycles. The number of benzene rings is 3. The van der Waals surface area contributed by atoms with Crippen molar-refractivity contribution in [2.45, 2.75) is 110 Å². The third-order valence-corrected chi connectivity index (χ3v) is 14.5. The number of carbonyl (C=O) groups excluding carboxylic acids is 5. The van der Waals surface area contributed by atoms with Gasteiger partial charge in [0.05, 0.1) is 44.6 Å². The highest BCUT2D eigenvalue weighted by Gasteiger charge is 2.64. The number of amides is 5. The van der Waals surface area contributed by atoms with Crippen LogP contribution in [0.25, 0.3) is 0 Å². The van der Waals surface area contributed by atoms with E-state index >= 15 is 0 Å². The van der Waals surface area contributed by atoms with Crippen LogP contribution in [0.2, 0.25) is 0 Å². The van der Waals surface area contributed by atoms with Gasteiger partial charge in [0, 0.05) is 92.7 Å². The molecule has 3 aromatic carbocycles. The van der Waals surface area contributed by atoms with Gasteiger partial charge in [-0.1, -0.05) is 27.7 Å². The Hall–Kier alpha value is -5.98. The van der Waals surface area contributed by atoms with E-state index in [9.17, 15) is 29.2 Å². The maximum absolute atomic E-state index is 13.7. The van der Waals surface area contributed by atoms with Gasteiger partial charge in [-0.05, 0) is 92.6 Å². The van der Waals surface area contributed by atoms with E-state index in [1.54, 1.807) is 0 Å². The molecule has 66 heavy (non-hydrogen) atoms. The molecule has 3 heterocycles. The lowest BCUT2D eigenvalue weighted by Gasteiger charge is -2.63. The Kier molecular flexibility index (Phi) is 10.9. The van der Waals surface area contributed by atoms with Crippen molar-refractivity contribution >= 4 is 35.2 Å². The van der Waals surface area contributed by atoms with Gasteiger partial charge < -0.3 is 29.2 Å². The highest BCUT2D eigenvalue weighted by Crippen LogP contribution is 2.55. The number of aryl methyl sites for hydroxylation is 2. The number of ether oxygens (including phenoxy) is 4. The lowest BCUT2D eigenvalue weighted by molar-refractivity contribution is -0.164. The molecule has 8 rings (SSSR count). The molecule has 2 saturated carbocycles. The van der Waals surface area contributed by atoms with E-state index in [1.165, 1.54) is 12.1 Å². The van der Waals surface area contributed by atoms with Crippen molar-refractivity contribution in [1.29, 1.82) is 5.26 Å². The second-order valence-electron chi connectivity index (χ2n) is 19.7. The number of nitrogens with one attached hydrogen (secondary N) is 2. The lowest BCUT2D eigenvalue weighted by atomic mass is 9.49. The first kappa shape index (κ1) is 39.2. The molecular formula is C51H62N6O9. The van der Waals surface area contributed by atoms with Gasteiger partial charge in [0.15, 0.2) is 0 Å². The molecule has 2 saturated heterocycles. The molecule has 0 aromatic heterocycles. The average molecular weight is 909 g/mol. The summed E-state index contributed by atoms with van der Waals surface area (Å²) in [6.07, 6.45) is 2.06. The fourth-order valence-corrected chi connectivity index (χ4v) is 11.2. The third kappa shape index (κ3) is 8.73. The largest absolute Gasteiger partial charge is 0.496 e. The summed E-state index contributed by atoms with van der Waals surface area (Å²) < 4.78 is 69.1. The first-order valence-electron chi connectivity index (χ1n) is 25.7. The topological polar surface area (TPSA) is 180 Å². The van der Waals surface area contributed by atoms with Crippen LogP contribution < -0.4 is 29.7 Å². The maximum atomic E-state index is 13.7. The van der Waals surface area contributed by atoms with Crippen LogP contribution in [0.1, 0.15) is 122 Å². The number of hydrogen-bond acceptors (Lipinski definition) is 12. The molecule has 15 heteroatoms. The number of carbonyl (C=O) groups is 5. The molecule has 0 unspecified atom stereocenters. The number of methoxy groups -OCH3 is 2. The summed E-state index contributed by atoms with van der Waals surface area (Å²) in [5.74, 6) is -2.56. The minimum absolute atomic E-state index is 0.00347. The van der Waals surface area contributed by atoms with E-state index in [4.69, 9.17) is 27.2 Å². The van der Waals surface area contributed by atoms with E-state index < -0.39 is 49.5 Å². The summed E-state index contributed by atoms with van der Waals surface area (Å²) in [4.78, 5) is 70.7. The van der Waals surface area contributed by atoms with Crippen molar-refractivity contribution in [3.8, 4) is 23.3 Å². The van der Waals surface area contributed by atoms with E-state index in [1.807, 2.05) is 50.2 Å².